The van der Waals surface area contributed by atoms with E-state index in [1.165, 1.54) is 0 Å². The monoisotopic (exact) mass is 267 g/mol. The van der Waals surface area contributed by atoms with Crippen LogP contribution in [0.2, 0.25) is 5.02 Å². The van der Waals surface area contributed by atoms with Crippen molar-refractivity contribution in [1.82, 2.24) is 0 Å². The Balaban J connectivity index is 2.75. The lowest BCUT2D eigenvalue weighted by atomic mass is 9.97. The summed E-state index contributed by atoms with van der Waals surface area (Å²) < 4.78 is 0. The van der Waals surface area contributed by atoms with E-state index < -0.39 is 0 Å². The molecule has 1 N–H and O–H groups in total. The Labute approximate surface area is 115 Å². The molecule has 2 nitrogen and oxygen atoms in total. The number of benzene rings is 1. The third-order valence-corrected chi connectivity index (χ3v) is 3.60. The van der Waals surface area contributed by atoms with Gasteiger partial charge in [0.15, 0.2) is 0 Å². The standard InChI is InChI=1S/C15H22ClNO/c1-4-7-12(8-5-2)15(18)17-13-10-6-9-11(3)14(13)16/h6,9-10,12H,4-5,7-8H2,1-3H3,(H,17,18). The highest BCUT2D eigenvalue weighted by molar-refractivity contribution is 6.34. The first-order valence-corrected chi connectivity index (χ1v) is 7.03. The summed E-state index contributed by atoms with van der Waals surface area (Å²) in [7, 11) is 0. The molecule has 0 aromatic heterocycles. The van der Waals surface area contributed by atoms with E-state index >= 15 is 0 Å². The third kappa shape index (κ3) is 4.02. The molecule has 0 aliphatic heterocycles. The summed E-state index contributed by atoms with van der Waals surface area (Å²) in [6.07, 6.45) is 3.92. The average Bonchev–Trinajstić information content (AvgIpc) is 2.34. The summed E-state index contributed by atoms with van der Waals surface area (Å²) in [4.78, 5) is 12.2. The van der Waals surface area contributed by atoms with Crippen molar-refractivity contribution >= 4 is 23.2 Å². The summed E-state index contributed by atoms with van der Waals surface area (Å²) in [6, 6.07) is 5.70. The van der Waals surface area contributed by atoms with E-state index in [4.69, 9.17) is 11.6 Å². The molecule has 0 radical (unpaired) electrons. The first-order valence-electron chi connectivity index (χ1n) is 6.66. The van der Waals surface area contributed by atoms with Gasteiger partial charge in [-0.15, -0.1) is 0 Å². The lowest BCUT2D eigenvalue weighted by molar-refractivity contribution is -0.120. The lowest BCUT2D eigenvalue weighted by Crippen LogP contribution is -2.22. The Morgan fingerprint density at radius 2 is 1.89 bits per heavy atom. The fraction of sp³-hybridized carbons (Fsp3) is 0.533. The molecule has 0 spiro atoms. The highest BCUT2D eigenvalue weighted by Crippen LogP contribution is 2.26. The van der Waals surface area contributed by atoms with Gasteiger partial charge < -0.3 is 5.32 Å². The second-order valence-electron chi connectivity index (χ2n) is 4.70. The molecule has 3 heteroatoms. The number of carbonyl (C=O) groups is 1. The van der Waals surface area contributed by atoms with Crippen molar-refractivity contribution in [2.45, 2.75) is 46.5 Å². The minimum atomic E-state index is 0.0891. The predicted molar refractivity (Wildman–Crippen MR) is 78.1 cm³/mol. The maximum Gasteiger partial charge on any atom is 0.227 e. The molecule has 0 bridgehead atoms. The van der Waals surface area contributed by atoms with Crippen LogP contribution in [-0.4, -0.2) is 5.91 Å². The molecule has 0 aliphatic carbocycles. The van der Waals surface area contributed by atoms with Crippen LogP contribution in [0, 0.1) is 12.8 Å². The van der Waals surface area contributed by atoms with Gasteiger partial charge in [-0.3, -0.25) is 4.79 Å². The van der Waals surface area contributed by atoms with Gasteiger partial charge in [0.05, 0.1) is 10.7 Å². The molecule has 100 valence electrons. The zero-order valence-electron chi connectivity index (χ0n) is 11.4. The zero-order chi connectivity index (χ0) is 13.5. The number of hydrogen-bond acceptors (Lipinski definition) is 1. The van der Waals surface area contributed by atoms with E-state index in [9.17, 15) is 4.79 Å². The topological polar surface area (TPSA) is 29.1 Å². The number of rotatable bonds is 6. The normalized spacial score (nSPS) is 10.7. The van der Waals surface area contributed by atoms with E-state index in [-0.39, 0.29) is 11.8 Å². The maximum atomic E-state index is 12.2. The van der Waals surface area contributed by atoms with Crippen molar-refractivity contribution in [3.05, 3.63) is 28.8 Å². The van der Waals surface area contributed by atoms with Crippen LogP contribution in [0.5, 0.6) is 0 Å². The number of nitrogens with one attached hydrogen (secondary N) is 1. The number of amides is 1. The van der Waals surface area contributed by atoms with Gasteiger partial charge in [-0.25, -0.2) is 0 Å². The van der Waals surface area contributed by atoms with Gasteiger partial charge in [-0.05, 0) is 31.4 Å². The SMILES string of the molecule is CCCC(CCC)C(=O)Nc1cccc(C)c1Cl. The van der Waals surface area contributed by atoms with E-state index in [0.29, 0.717) is 5.02 Å². The molecule has 0 fully saturated rings. The van der Waals surface area contributed by atoms with Gasteiger partial charge >= 0.3 is 0 Å². The molecule has 1 amide bonds. The summed E-state index contributed by atoms with van der Waals surface area (Å²) >= 11 is 6.18. The van der Waals surface area contributed by atoms with Crippen LogP contribution < -0.4 is 5.32 Å². The van der Waals surface area contributed by atoms with E-state index in [2.05, 4.69) is 19.2 Å². The van der Waals surface area contributed by atoms with Crippen LogP contribution in [0.3, 0.4) is 0 Å². The van der Waals surface area contributed by atoms with Crippen molar-refractivity contribution < 1.29 is 4.79 Å². The Morgan fingerprint density at radius 1 is 1.28 bits per heavy atom. The fourth-order valence-corrected chi connectivity index (χ4v) is 2.26. The van der Waals surface area contributed by atoms with Crippen LogP contribution >= 0.6 is 11.6 Å². The quantitative estimate of drug-likeness (QED) is 0.788. The molecule has 0 saturated heterocycles. The van der Waals surface area contributed by atoms with Crippen LogP contribution in [0.25, 0.3) is 0 Å². The fourth-order valence-electron chi connectivity index (χ4n) is 2.08. The van der Waals surface area contributed by atoms with Gasteiger partial charge in [-0.2, -0.15) is 0 Å². The van der Waals surface area contributed by atoms with Gasteiger partial charge in [0.2, 0.25) is 5.91 Å². The highest BCUT2D eigenvalue weighted by Gasteiger charge is 2.17. The van der Waals surface area contributed by atoms with Crippen LogP contribution in [0.15, 0.2) is 18.2 Å². The van der Waals surface area contributed by atoms with Crippen molar-refractivity contribution in [3.63, 3.8) is 0 Å². The molecule has 1 aromatic carbocycles. The Kier molecular flexibility index (Phi) is 6.20. The van der Waals surface area contributed by atoms with Crippen molar-refractivity contribution in [1.29, 1.82) is 0 Å². The molecular formula is C15H22ClNO. The number of halogens is 1. The second kappa shape index (κ2) is 7.42. The highest BCUT2D eigenvalue weighted by atomic mass is 35.5. The summed E-state index contributed by atoms with van der Waals surface area (Å²) in [5.41, 5.74) is 1.70. The Bertz CT molecular complexity index is 397. The average molecular weight is 268 g/mol. The summed E-state index contributed by atoms with van der Waals surface area (Å²) in [6.45, 7) is 6.15. The summed E-state index contributed by atoms with van der Waals surface area (Å²) in [5, 5.41) is 3.59. The van der Waals surface area contributed by atoms with Crippen LogP contribution in [0.4, 0.5) is 5.69 Å². The molecule has 18 heavy (non-hydrogen) atoms. The number of anilines is 1. The van der Waals surface area contributed by atoms with Gasteiger partial charge in [-0.1, -0.05) is 50.4 Å². The summed E-state index contributed by atoms with van der Waals surface area (Å²) in [5.74, 6) is 0.183. The minimum absolute atomic E-state index is 0.0891. The van der Waals surface area contributed by atoms with Crippen LogP contribution in [-0.2, 0) is 4.79 Å². The first-order chi connectivity index (χ1) is 8.60. The van der Waals surface area contributed by atoms with Crippen molar-refractivity contribution in [2.24, 2.45) is 5.92 Å². The Hall–Kier alpha value is -1.02. The maximum absolute atomic E-state index is 12.2. The first kappa shape index (κ1) is 15.0. The molecule has 0 unspecified atom stereocenters. The van der Waals surface area contributed by atoms with Gasteiger partial charge in [0.1, 0.15) is 0 Å². The molecule has 0 atom stereocenters. The van der Waals surface area contributed by atoms with Crippen molar-refractivity contribution in [3.8, 4) is 0 Å². The molecular weight excluding hydrogens is 246 g/mol. The zero-order valence-corrected chi connectivity index (χ0v) is 12.2. The predicted octanol–water partition coefficient (Wildman–Crippen LogP) is 4.80. The molecule has 0 heterocycles. The van der Waals surface area contributed by atoms with E-state index in [1.54, 1.807) is 0 Å². The molecule has 1 rings (SSSR count). The van der Waals surface area contributed by atoms with E-state index in [0.717, 1.165) is 36.9 Å². The number of hydrogen-bond donors (Lipinski definition) is 1. The molecule has 0 saturated carbocycles. The lowest BCUT2D eigenvalue weighted by Gasteiger charge is -2.16. The van der Waals surface area contributed by atoms with Crippen LogP contribution in [0.1, 0.15) is 45.1 Å². The number of carbonyl (C=O) groups excluding carboxylic acids is 1. The van der Waals surface area contributed by atoms with E-state index in [1.807, 2.05) is 25.1 Å². The largest absolute Gasteiger partial charge is 0.325 e. The van der Waals surface area contributed by atoms with Gasteiger partial charge in [0.25, 0.3) is 0 Å². The van der Waals surface area contributed by atoms with Gasteiger partial charge in [0, 0.05) is 5.92 Å². The third-order valence-electron chi connectivity index (χ3n) is 3.09. The molecule has 1 aromatic rings. The smallest absolute Gasteiger partial charge is 0.227 e. The minimum Gasteiger partial charge on any atom is -0.325 e. The molecule has 0 aliphatic rings. The number of aryl methyl sites for hydroxylation is 1. The Morgan fingerprint density at radius 3 is 2.44 bits per heavy atom. The van der Waals surface area contributed by atoms with Crippen molar-refractivity contribution in [2.75, 3.05) is 5.32 Å². The second-order valence-corrected chi connectivity index (χ2v) is 5.08.